The Hall–Kier alpha value is -1.51. The van der Waals surface area contributed by atoms with Crippen LogP contribution in [0.3, 0.4) is 0 Å². The normalized spacial score (nSPS) is 17.3. The van der Waals surface area contributed by atoms with Gasteiger partial charge in [-0.3, -0.25) is 4.79 Å². The Labute approximate surface area is 102 Å². The number of carbonyl (C=O) groups excluding carboxylic acids is 1. The van der Waals surface area contributed by atoms with Crippen molar-refractivity contribution in [2.24, 2.45) is 5.41 Å². The summed E-state index contributed by atoms with van der Waals surface area (Å²) in [5, 5.41) is 3.00. The molecule has 0 aliphatic heterocycles. The maximum atomic E-state index is 12.1. The Balaban J connectivity index is 2.04. The van der Waals surface area contributed by atoms with Crippen LogP contribution in [0.25, 0.3) is 0 Å². The average Bonchev–Trinajstić information content (AvgIpc) is 2.23. The topological polar surface area (TPSA) is 55.1 Å². The van der Waals surface area contributed by atoms with Gasteiger partial charge in [0.2, 0.25) is 0 Å². The number of aryl methyl sites for hydroxylation is 1. The van der Waals surface area contributed by atoms with Crippen LogP contribution in [0.15, 0.2) is 18.2 Å². The molecule has 1 saturated carbocycles. The fourth-order valence-electron chi connectivity index (χ4n) is 2.34. The van der Waals surface area contributed by atoms with Gasteiger partial charge in [-0.2, -0.15) is 0 Å². The molecular formula is C14H20N2O. The molecule has 0 spiro atoms. The number of nitrogen functional groups attached to an aromatic ring is 1. The summed E-state index contributed by atoms with van der Waals surface area (Å²) in [5.74, 6) is -0.0475. The van der Waals surface area contributed by atoms with E-state index in [-0.39, 0.29) is 5.91 Å². The quantitative estimate of drug-likeness (QED) is 0.787. The number of benzene rings is 1. The lowest BCUT2D eigenvalue weighted by molar-refractivity contribution is 0.0891. The van der Waals surface area contributed by atoms with Gasteiger partial charge >= 0.3 is 0 Å². The molecule has 17 heavy (non-hydrogen) atoms. The van der Waals surface area contributed by atoms with Gasteiger partial charge in [-0.1, -0.05) is 25.5 Å². The monoisotopic (exact) mass is 232 g/mol. The molecule has 1 aromatic rings. The van der Waals surface area contributed by atoms with Gasteiger partial charge in [0.05, 0.1) is 5.56 Å². The molecule has 3 heteroatoms. The molecule has 0 saturated heterocycles. The second-order valence-corrected chi connectivity index (χ2v) is 5.39. The first-order chi connectivity index (χ1) is 8.02. The first kappa shape index (κ1) is 12.0. The number of carbonyl (C=O) groups is 1. The molecule has 0 aromatic heterocycles. The maximum absolute atomic E-state index is 12.1. The summed E-state index contributed by atoms with van der Waals surface area (Å²) in [7, 11) is 0. The zero-order chi connectivity index (χ0) is 12.5. The minimum absolute atomic E-state index is 0.0475. The minimum atomic E-state index is -0.0475. The van der Waals surface area contributed by atoms with Crippen molar-refractivity contribution in [1.29, 1.82) is 0 Å². The van der Waals surface area contributed by atoms with Crippen molar-refractivity contribution in [3.05, 3.63) is 29.3 Å². The lowest BCUT2D eigenvalue weighted by atomic mass is 9.70. The van der Waals surface area contributed by atoms with Crippen LogP contribution in [0.5, 0.6) is 0 Å². The van der Waals surface area contributed by atoms with E-state index in [2.05, 4.69) is 12.2 Å². The summed E-state index contributed by atoms with van der Waals surface area (Å²) in [6.45, 7) is 4.88. The highest BCUT2D eigenvalue weighted by atomic mass is 16.1. The van der Waals surface area contributed by atoms with E-state index in [9.17, 15) is 4.79 Å². The highest BCUT2D eigenvalue weighted by Crippen LogP contribution is 2.39. The van der Waals surface area contributed by atoms with Crippen LogP contribution in [-0.4, -0.2) is 12.5 Å². The van der Waals surface area contributed by atoms with Crippen molar-refractivity contribution < 1.29 is 4.79 Å². The number of nitrogens with two attached hydrogens (primary N) is 1. The van der Waals surface area contributed by atoms with Crippen LogP contribution in [0.2, 0.25) is 0 Å². The third-order valence-corrected chi connectivity index (χ3v) is 3.77. The van der Waals surface area contributed by atoms with Crippen LogP contribution in [0.1, 0.15) is 42.1 Å². The lowest BCUT2D eigenvalue weighted by Gasteiger charge is -2.38. The van der Waals surface area contributed by atoms with E-state index in [1.807, 2.05) is 19.1 Å². The average molecular weight is 232 g/mol. The van der Waals surface area contributed by atoms with Gasteiger partial charge in [-0.05, 0) is 36.8 Å². The van der Waals surface area contributed by atoms with Gasteiger partial charge in [-0.15, -0.1) is 0 Å². The van der Waals surface area contributed by atoms with E-state index < -0.39 is 0 Å². The van der Waals surface area contributed by atoms with Crippen molar-refractivity contribution in [1.82, 2.24) is 5.32 Å². The zero-order valence-corrected chi connectivity index (χ0v) is 10.5. The lowest BCUT2D eigenvalue weighted by Crippen LogP contribution is -2.40. The van der Waals surface area contributed by atoms with E-state index >= 15 is 0 Å². The number of hydrogen-bond donors (Lipinski definition) is 2. The number of rotatable bonds is 3. The first-order valence-electron chi connectivity index (χ1n) is 6.15. The van der Waals surface area contributed by atoms with Crippen molar-refractivity contribution in [3.8, 4) is 0 Å². The zero-order valence-electron chi connectivity index (χ0n) is 10.5. The minimum Gasteiger partial charge on any atom is -0.398 e. The number of anilines is 1. The predicted molar refractivity (Wildman–Crippen MR) is 69.9 cm³/mol. The molecule has 1 aliphatic rings. The largest absolute Gasteiger partial charge is 0.398 e. The van der Waals surface area contributed by atoms with E-state index in [1.165, 1.54) is 19.3 Å². The van der Waals surface area contributed by atoms with Gasteiger partial charge in [0.25, 0.3) is 5.91 Å². The third kappa shape index (κ3) is 2.43. The molecule has 0 atom stereocenters. The summed E-state index contributed by atoms with van der Waals surface area (Å²) in [6.07, 6.45) is 3.69. The Morgan fingerprint density at radius 2 is 2.18 bits per heavy atom. The summed E-state index contributed by atoms with van der Waals surface area (Å²) < 4.78 is 0. The van der Waals surface area contributed by atoms with Gasteiger partial charge in [-0.25, -0.2) is 0 Å². The molecule has 1 aliphatic carbocycles. The van der Waals surface area contributed by atoms with Crippen molar-refractivity contribution in [3.63, 3.8) is 0 Å². The molecule has 0 unspecified atom stereocenters. The Morgan fingerprint density at radius 1 is 1.47 bits per heavy atom. The van der Waals surface area contributed by atoms with Crippen molar-refractivity contribution >= 4 is 11.6 Å². The second kappa shape index (κ2) is 4.40. The smallest absolute Gasteiger partial charge is 0.253 e. The van der Waals surface area contributed by atoms with Crippen LogP contribution < -0.4 is 11.1 Å². The third-order valence-electron chi connectivity index (χ3n) is 3.77. The fraction of sp³-hybridized carbons (Fsp3) is 0.500. The summed E-state index contributed by atoms with van der Waals surface area (Å²) in [5.41, 5.74) is 8.26. The van der Waals surface area contributed by atoms with Crippen LogP contribution in [0, 0.1) is 12.3 Å². The fourth-order valence-corrected chi connectivity index (χ4v) is 2.34. The standard InChI is InChI=1S/C14H20N2O/c1-10-5-3-6-11(15)12(10)13(17)16-9-14(2)7-4-8-14/h3,5-6H,4,7-9,15H2,1-2H3,(H,16,17). The molecule has 1 amide bonds. The van der Waals surface area contributed by atoms with Gasteiger partial charge < -0.3 is 11.1 Å². The van der Waals surface area contributed by atoms with Crippen molar-refractivity contribution in [2.45, 2.75) is 33.1 Å². The predicted octanol–water partition coefficient (Wildman–Crippen LogP) is 2.50. The van der Waals surface area contributed by atoms with Gasteiger partial charge in [0.1, 0.15) is 0 Å². The van der Waals surface area contributed by atoms with Crippen molar-refractivity contribution in [2.75, 3.05) is 12.3 Å². The SMILES string of the molecule is Cc1cccc(N)c1C(=O)NCC1(C)CCC1. The Bertz CT molecular complexity index is 416. The summed E-state index contributed by atoms with van der Waals surface area (Å²) >= 11 is 0. The molecule has 3 N–H and O–H groups in total. The molecule has 92 valence electrons. The number of hydrogen-bond acceptors (Lipinski definition) is 2. The summed E-state index contributed by atoms with van der Waals surface area (Å²) in [4.78, 5) is 12.1. The molecule has 3 nitrogen and oxygen atoms in total. The molecule has 2 rings (SSSR count). The van der Waals surface area contributed by atoms with E-state index in [4.69, 9.17) is 5.73 Å². The summed E-state index contributed by atoms with van der Waals surface area (Å²) in [6, 6.07) is 5.55. The van der Waals surface area contributed by atoms with E-state index in [1.54, 1.807) is 6.07 Å². The molecule has 0 radical (unpaired) electrons. The number of nitrogens with one attached hydrogen (secondary N) is 1. The number of amides is 1. The Morgan fingerprint density at radius 3 is 2.71 bits per heavy atom. The first-order valence-corrected chi connectivity index (χ1v) is 6.15. The van der Waals surface area contributed by atoms with E-state index in [0.29, 0.717) is 16.7 Å². The van der Waals surface area contributed by atoms with E-state index in [0.717, 1.165) is 12.1 Å². The van der Waals surface area contributed by atoms with Crippen LogP contribution in [-0.2, 0) is 0 Å². The van der Waals surface area contributed by atoms with Crippen LogP contribution in [0.4, 0.5) is 5.69 Å². The van der Waals surface area contributed by atoms with Gasteiger partial charge in [0, 0.05) is 12.2 Å². The molecule has 1 aromatic carbocycles. The molecule has 0 bridgehead atoms. The molecule has 0 heterocycles. The highest BCUT2D eigenvalue weighted by Gasteiger charge is 2.32. The molecular weight excluding hydrogens is 212 g/mol. The maximum Gasteiger partial charge on any atom is 0.253 e. The van der Waals surface area contributed by atoms with Crippen LogP contribution >= 0.6 is 0 Å². The van der Waals surface area contributed by atoms with Gasteiger partial charge in [0.15, 0.2) is 0 Å². The molecule has 1 fully saturated rings. The highest BCUT2D eigenvalue weighted by molar-refractivity contribution is 6.00. The Kier molecular flexibility index (Phi) is 3.09. The second-order valence-electron chi connectivity index (χ2n) is 5.39.